The van der Waals surface area contributed by atoms with E-state index in [2.05, 4.69) is 24.1 Å². The van der Waals surface area contributed by atoms with Crippen LogP contribution >= 0.6 is 0 Å². The van der Waals surface area contributed by atoms with Gasteiger partial charge in [0.1, 0.15) is 0 Å². The highest BCUT2D eigenvalue weighted by Gasteiger charge is 2.27. The number of rotatable bonds is 10. The van der Waals surface area contributed by atoms with E-state index in [1.165, 1.54) is 25.7 Å². The van der Waals surface area contributed by atoms with E-state index >= 15 is 0 Å². The molecule has 0 aromatic carbocycles. The number of likely N-dealkylation sites (N-methyl/N-ethyl adjacent to an activating group) is 1. The summed E-state index contributed by atoms with van der Waals surface area (Å²) in [6.45, 7) is 8.39. The van der Waals surface area contributed by atoms with Gasteiger partial charge in [0.05, 0.1) is 18.8 Å². The lowest BCUT2D eigenvalue weighted by Crippen LogP contribution is -2.42. The maximum atomic E-state index is 6.11. The van der Waals surface area contributed by atoms with Crippen molar-refractivity contribution in [3.8, 4) is 0 Å². The van der Waals surface area contributed by atoms with Crippen LogP contribution in [0.5, 0.6) is 0 Å². The third-order valence-corrected chi connectivity index (χ3v) is 4.11. The van der Waals surface area contributed by atoms with E-state index in [-0.39, 0.29) is 0 Å². The van der Waals surface area contributed by atoms with Gasteiger partial charge in [0.25, 0.3) is 0 Å². The lowest BCUT2D eigenvalue weighted by molar-refractivity contribution is 0.00771. The third-order valence-electron chi connectivity index (χ3n) is 4.11. The average Bonchev–Trinajstić information content (AvgIpc) is 2.85. The quantitative estimate of drug-likeness (QED) is 0.658. The molecule has 0 aliphatic carbocycles. The standard InChI is InChI=1S/C15H32N2O2/c1-5-13(6-2)17(9-10-18-4)12-15-8-7-14(19-15)11-16-3/h13-16H,5-12H2,1-4H3. The van der Waals surface area contributed by atoms with E-state index in [0.717, 1.165) is 26.2 Å². The van der Waals surface area contributed by atoms with Crippen LogP contribution in [0.25, 0.3) is 0 Å². The molecule has 0 bridgehead atoms. The highest BCUT2D eigenvalue weighted by Crippen LogP contribution is 2.21. The Morgan fingerprint density at radius 3 is 2.53 bits per heavy atom. The largest absolute Gasteiger partial charge is 0.383 e. The van der Waals surface area contributed by atoms with E-state index in [1.807, 2.05) is 7.05 Å². The van der Waals surface area contributed by atoms with Crippen molar-refractivity contribution in [2.45, 2.75) is 57.8 Å². The van der Waals surface area contributed by atoms with Crippen LogP contribution in [0, 0.1) is 0 Å². The fourth-order valence-electron chi connectivity index (χ4n) is 2.99. The first-order valence-corrected chi connectivity index (χ1v) is 7.78. The molecule has 1 aliphatic rings. The highest BCUT2D eigenvalue weighted by atomic mass is 16.5. The van der Waals surface area contributed by atoms with Crippen molar-refractivity contribution in [3.63, 3.8) is 0 Å². The SMILES string of the molecule is CCC(CC)N(CCOC)CC1CCC(CNC)O1. The lowest BCUT2D eigenvalue weighted by Gasteiger charge is -2.32. The molecule has 0 spiro atoms. The molecule has 114 valence electrons. The van der Waals surface area contributed by atoms with Crippen molar-refractivity contribution in [2.24, 2.45) is 0 Å². The number of ether oxygens (including phenoxy) is 2. The number of hydrogen-bond donors (Lipinski definition) is 1. The number of nitrogens with zero attached hydrogens (tertiary/aromatic N) is 1. The Labute approximate surface area is 118 Å². The van der Waals surface area contributed by atoms with Gasteiger partial charge in [-0.05, 0) is 32.7 Å². The van der Waals surface area contributed by atoms with Crippen LogP contribution in [-0.4, -0.2) is 63.5 Å². The zero-order valence-electron chi connectivity index (χ0n) is 13.2. The molecule has 4 heteroatoms. The third kappa shape index (κ3) is 5.78. The van der Waals surface area contributed by atoms with Crippen molar-refractivity contribution in [1.29, 1.82) is 0 Å². The molecule has 2 atom stereocenters. The second-order valence-corrected chi connectivity index (χ2v) is 5.47. The zero-order chi connectivity index (χ0) is 14.1. The first-order chi connectivity index (χ1) is 9.24. The van der Waals surface area contributed by atoms with Crippen LogP contribution in [0.15, 0.2) is 0 Å². The van der Waals surface area contributed by atoms with E-state index < -0.39 is 0 Å². The number of nitrogens with one attached hydrogen (secondary N) is 1. The highest BCUT2D eigenvalue weighted by molar-refractivity contribution is 4.80. The fourth-order valence-corrected chi connectivity index (χ4v) is 2.99. The second kappa shape index (κ2) is 9.70. The Kier molecular flexibility index (Phi) is 8.62. The molecule has 1 aliphatic heterocycles. The number of methoxy groups -OCH3 is 1. The first-order valence-electron chi connectivity index (χ1n) is 7.78. The van der Waals surface area contributed by atoms with Gasteiger partial charge in [-0.3, -0.25) is 4.90 Å². The van der Waals surface area contributed by atoms with E-state index in [1.54, 1.807) is 7.11 Å². The maximum absolute atomic E-state index is 6.11. The molecule has 4 nitrogen and oxygen atoms in total. The van der Waals surface area contributed by atoms with Crippen LogP contribution < -0.4 is 5.32 Å². The molecule has 1 fully saturated rings. The minimum absolute atomic E-state index is 0.399. The zero-order valence-corrected chi connectivity index (χ0v) is 13.2. The van der Waals surface area contributed by atoms with Crippen LogP contribution in [-0.2, 0) is 9.47 Å². The van der Waals surface area contributed by atoms with Crippen molar-refractivity contribution >= 4 is 0 Å². The van der Waals surface area contributed by atoms with Gasteiger partial charge >= 0.3 is 0 Å². The van der Waals surface area contributed by atoms with E-state index in [9.17, 15) is 0 Å². The minimum atomic E-state index is 0.399. The summed E-state index contributed by atoms with van der Waals surface area (Å²) in [4.78, 5) is 2.55. The molecular formula is C15H32N2O2. The summed E-state index contributed by atoms with van der Waals surface area (Å²) in [5.41, 5.74) is 0. The molecule has 1 N–H and O–H groups in total. The average molecular weight is 272 g/mol. The van der Waals surface area contributed by atoms with E-state index in [0.29, 0.717) is 18.2 Å². The Hall–Kier alpha value is -0.160. The van der Waals surface area contributed by atoms with Gasteiger partial charge in [-0.15, -0.1) is 0 Å². The van der Waals surface area contributed by atoms with Crippen molar-refractivity contribution in [3.05, 3.63) is 0 Å². The topological polar surface area (TPSA) is 33.7 Å². The smallest absolute Gasteiger partial charge is 0.0707 e. The summed E-state index contributed by atoms with van der Waals surface area (Å²) in [6.07, 6.45) is 5.58. The summed E-state index contributed by atoms with van der Waals surface area (Å²) in [5, 5.41) is 3.20. The van der Waals surface area contributed by atoms with Crippen molar-refractivity contribution < 1.29 is 9.47 Å². The van der Waals surface area contributed by atoms with Crippen LogP contribution in [0.4, 0.5) is 0 Å². The van der Waals surface area contributed by atoms with E-state index in [4.69, 9.17) is 9.47 Å². The molecule has 2 unspecified atom stereocenters. The Balaban J connectivity index is 2.43. The van der Waals surface area contributed by atoms with Crippen LogP contribution in [0.2, 0.25) is 0 Å². The van der Waals surface area contributed by atoms with Gasteiger partial charge in [0.15, 0.2) is 0 Å². The van der Waals surface area contributed by atoms with Gasteiger partial charge < -0.3 is 14.8 Å². The van der Waals surface area contributed by atoms with Gasteiger partial charge in [-0.2, -0.15) is 0 Å². The summed E-state index contributed by atoms with van der Waals surface area (Å²) in [7, 11) is 3.77. The van der Waals surface area contributed by atoms with Gasteiger partial charge in [-0.25, -0.2) is 0 Å². The summed E-state index contributed by atoms with van der Waals surface area (Å²) in [6, 6.07) is 0.655. The first kappa shape index (κ1) is 16.9. The molecule has 19 heavy (non-hydrogen) atoms. The molecule has 1 saturated heterocycles. The van der Waals surface area contributed by atoms with Crippen LogP contribution in [0.3, 0.4) is 0 Å². The lowest BCUT2D eigenvalue weighted by atomic mass is 10.1. The van der Waals surface area contributed by atoms with Crippen molar-refractivity contribution in [2.75, 3.05) is 40.4 Å². The Morgan fingerprint density at radius 1 is 1.26 bits per heavy atom. The molecule has 0 aromatic heterocycles. The predicted octanol–water partition coefficient (Wildman–Crippen LogP) is 1.89. The minimum Gasteiger partial charge on any atom is -0.383 e. The summed E-state index contributed by atoms with van der Waals surface area (Å²) in [5.74, 6) is 0. The summed E-state index contributed by atoms with van der Waals surface area (Å²) >= 11 is 0. The second-order valence-electron chi connectivity index (χ2n) is 5.47. The van der Waals surface area contributed by atoms with Crippen LogP contribution in [0.1, 0.15) is 39.5 Å². The molecule has 1 rings (SSSR count). The van der Waals surface area contributed by atoms with Gasteiger partial charge in [0, 0.05) is 32.8 Å². The molecule has 0 aromatic rings. The van der Waals surface area contributed by atoms with Crippen molar-refractivity contribution in [1.82, 2.24) is 10.2 Å². The molecular weight excluding hydrogens is 240 g/mol. The monoisotopic (exact) mass is 272 g/mol. The molecule has 1 heterocycles. The Morgan fingerprint density at radius 2 is 1.95 bits per heavy atom. The predicted molar refractivity (Wildman–Crippen MR) is 79.6 cm³/mol. The Bertz CT molecular complexity index is 222. The van der Waals surface area contributed by atoms with Gasteiger partial charge in [0.2, 0.25) is 0 Å². The summed E-state index contributed by atoms with van der Waals surface area (Å²) < 4.78 is 11.3. The molecule has 0 amide bonds. The maximum Gasteiger partial charge on any atom is 0.0707 e. The number of hydrogen-bond acceptors (Lipinski definition) is 4. The normalized spacial score (nSPS) is 23.7. The van der Waals surface area contributed by atoms with Gasteiger partial charge in [-0.1, -0.05) is 13.8 Å². The molecule has 0 radical (unpaired) electrons. The molecule has 0 saturated carbocycles. The fraction of sp³-hybridized carbons (Fsp3) is 1.00.